The van der Waals surface area contributed by atoms with Gasteiger partial charge in [0, 0.05) is 23.1 Å². The third-order valence-corrected chi connectivity index (χ3v) is 3.96. The lowest BCUT2D eigenvalue weighted by atomic mass is 10.0. The van der Waals surface area contributed by atoms with E-state index in [0.717, 1.165) is 26.6 Å². The second kappa shape index (κ2) is 4.21. The SMILES string of the molecule is [2H]C1C(c2c(O)[nH]c3ccc(Br)cc23)=Nc2ccccc21. The van der Waals surface area contributed by atoms with Crippen molar-refractivity contribution >= 4 is 38.2 Å². The van der Waals surface area contributed by atoms with Crippen molar-refractivity contribution in [3.05, 3.63) is 58.1 Å². The maximum atomic E-state index is 10.2. The first-order chi connectivity index (χ1) is 10.1. The second-order valence-corrected chi connectivity index (χ2v) is 5.65. The molecule has 20 heavy (non-hydrogen) atoms. The van der Waals surface area contributed by atoms with Crippen molar-refractivity contribution in [2.45, 2.75) is 6.40 Å². The molecule has 0 aliphatic carbocycles. The van der Waals surface area contributed by atoms with Gasteiger partial charge >= 0.3 is 0 Å². The Labute approximate surface area is 125 Å². The van der Waals surface area contributed by atoms with E-state index in [-0.39, 0.29) is 5.88 Å². The van der Waals surface area contributed by atoms with Gasteiger partial charge in [-0.2, -0.15) is 0 Å². The van der Waals surface area contributed by atoms with Crippen molar-refractivity contribution < 1.29 is 6.48 Å². The zero-order chi connectivity index (χ0) is 14.6. The molecule has 1 aliphatic heterocycles. The molecule has 1 aliphatic rings. The lowest BCUT2D eigenvalue weighted by molar-refractivity contribution is 0.457. The van der Waals surface area contributed by atoms with E-state index in [1.54, 1.807) is 0 Å². The van der Waals surface area contributed by atoms with Crippen LogP contribution in [0.4, 0.5) is 5.69 Å². The minimum atomic E-state index is -0.579. The van der Waals surface area contributed by atoms with E-state index >= 15 is 0 Å². The molecule has 4 heteroatoms. The van der Waals surface area contributed by atoms with Crippen LogP contribution in [-0.2, 0) is 6.40 Å². The van der Waals surface area contributed by atoms with Crippen LogP contribution in [-0.4, -0.2) is 15.8 Å². The number of fused-ring (bicyclic) bond motifs is 2. The largest absolute Gasteiger partial charge is 0.494 e. The zero-order valence-corrected chi connectivity index (χ0v) is 12.0. The van der Waals surface area contributed by atoms with Crippen LogP contribution in [0.15, 0.2) is 51.9 Å². The van der Waals surface area contributed by atoms with Crippen LogP contribution in [0.5, 0.6) is 5.88 Å². The molecule has 0 amide bonds. The molecule has 1 unspecified atom stereocenters. The van der Waals surface area contributed by atoms with Crippen molar-refractivity contribution in [3.63, 3.8) is 0 Å². The summed E-state index contributed by atoms with van der Waals surface area (Å²) in [6, 6.07) is 13.3. The van der Waals surface area contributed by atoms with Gasteiger partial charge in [0.1, 0.15) is 0 Å². The minimum Gasteiger partial charge on any atom is -0.494 e. The number of halogens is 1. The number of hydrogen-bond acceptors (Lipinski definition) is 2. The molecule has 0 fully saturated rings. The maximum Gasteiger partial charge on any atom is 0.198 e. The molecule has 3 aromatic rings. The highest BCUT2D eigenvalue weighted by molar-refractivity contribution is 9.10. The number of aromatic amines is 1. The summed E-state index contributed by atoms with van der Waals surface area (Å²) in [5, 5.41) is 11.1. The standard InChI is InChI=1S/C16H11BrN2O/c17-10-5-6-13-11(8-10)15(16(20)19-13)14-7-9-3-1-2-4-12(9)18-14/h1-6,8,19-20H,7H2/i7D. The van der Waals surface area contributed by atoms with Crippen LogP contribution >= 0.6 is 15.9 Å². The average molecular weight is 328 g/mol. The lowest BCUT2D eigenvalue weighted by Gasteiger charge is -2.00. The van der Waals surface area contributed by atoms with Gasteiger partial charge in [0.15, 0.2) is 5.88 Å². The number of hydrogen-bond donors (Lipinski definition) is 2. The van der Waals surface area contributed by atoms with Gasteiger partial charge in [-0.05, 0) is 29.8 Å². The molecule has 98 valence electrons. The summed E-state index contributed by atoms with van der Waals surface area (Å²) in [4.78, 5) is 7.50. The lowest BCUT2D eigenvalue weighted by Crippen LogP contribution is -1.99. The number of H-pyrrole nitrogens is 1. The van der Waals surface area contributed by atoms with E-state index in [0.29, 0.717) is 11.3 Å². The molecule has 2 N–H and O–H groups in total. The predicted octanol–water partition coefficient (Wildman–Crippen LogP) is 4.31. The van der Waals surface area contributed by atoms with Crippen LogP contribution in [0.2, 0.25) is 0 Å². The van der Waals surface area contributed by atoms with Gasteiger partial charge in [-0.25, -0.2) is 0 Å². The number of aromatic hydroxyl groups is 1. The number of para-hydroxylation sites is 1. The third-order valence-electron chi connectivity index (χ3n) is 3.47. The first-order valence-corrected chi connectivity index (χ1v) is 7.05. The topological polar surface area (TPSA) is 48.4 Å². The number of aliphatic imine (C=N–C) groups is 1. The monoisotopic (exact) mass is 327 g/mol. The smallest absolute Gasteiger partial charge is 0.198 e. The minimum absolute atomic E-state index is 0.0620. The Bertz CT molecular complexity index is 900. The molecular weight excluding hydrogens is 316 g/mol. The Morgan fingerprint density at radius 1 is 1.25 bits per heavy atom. The molecule has 1 aromatic heterocycles. The van der Waals surface area contributed by atoms with Crippen molar-refractivity contribution in [1.82, 2.24) is 4.98 Å². The fourth-order valence-electron chi connectivity index (χ4n) is 2.56. The number of benzene rings is 2. The fraction of sp³-hybridized carbons (Fsp3) is 0.0625. The molecule has 4 rings (SSSR count). The number of nitrogens with zero attached hydrogens (tertiary/aromatic N) is 1. The second-order valence-electron chi connectivity index (χ2n) is 4.74. The first-order valence-electron chi connectivity index (χ1n) is 6.83. The van der Waals surface area contributed by atoms with Gasteiger partial charge in [-0.3, -0.25) is 4.99 Å². The number of aromatic nitrogens is 1. The molecule has 0 spiro atoms. The highest BCUT2D eigenvalue weighted by Gasteiger charge is 2.22. The van der Waals surface area contributed by atoms with E-state index in [9.17, 15) is 5.11 Å². The summed E-state index contributed by atoms with van der Waals surface area (Å²) in [5.41, 5.74) is 3.70. The third kappa shape index (κ3) is 1.68. The zero-order valence-electron chi connectivity index (χ0n) is 11.4. The Hall–Kier alpha value is -2.07. The van der Waals surface area contributed by atoms with Gasteiger partial charge in [0.05, 0.1) is 17.0 Å². The maximum absolute atomic E-state index is 10.2. The molecular formula is C16H11BrN2O. The number of rotatable bonds is 1. The van der Waals surface area contributed by atoms with E-state index in [2.05, 4.69) is 25.9 Å². The van der Waals surface area contributed by atoms with E-state index < -0.39 is 6.40 Å². The average Bonchev–Trinajstić information content (AvgIpc) is 2.96. The van der Waals surface area contributed by atoms with Crippen LogP contribution < -0.4 is 0 Å². The predicted molar refractivity (Wildman–Crippen MR) is 84.0 cm³/mol. The molecule has 1 atom stereocenters. The van der Waals surface area contributed by atoms with Crippen LogP contribution in [0.3, 0.4) is 0 Å². The van der Waals surface area contributed by atoms with Crippen molar-refractivity contribution in [2.24, 2.45) is 4.99 Å². The van der Waals surface area contributed by atoms with Gasteiger partial charge < -0.3 is 10.1 Å². The van der Waals surface area contributed by atoms with Crippen molar-refractivity contribution in [2.75, 3.05) is 0 Å². The Morgan fingerprint density at radius 3 is 2.95 bits per heavy atom. The fourth-order valence-corrected chi connectivity index (χ4v) is 2.92. The van der Waals surface area contributed by atoms with E-state index in [4.69, 9.17) is 1.37 Å². The Morgan fingerprint density at radius 2 is 2.10 bits per heavy atom. The molecule has 3 nitrogen and oxygen atoms in total. The Balaban J connectivity index is 1.97. The quantitative estimate of drug-likeness (QED) is 0.687. The molecule has 0 saturated heterocycles. The summed E-state index contributed by atoms with van der Waals surface area (Å²) in [5.74, 6) is 0.0620. The van der Waals surface area contributed by atoms with Crippen molar-refractivity contribution in [3.8, 4) is 5.88 Å². The molecule has 0 saturated carbocycles. The summed E-state index contributed by atoms with van der Waals surface area (Å²) >= 11 is 3.45. The van der Waals surface area contributed by atoms with Crippen molar-refractivity contribution in [1.29, 1.82) is 0 Å². The molecule has 0 radical (unpaired) electrons. The normalized spacial score (nSPS) is 17.9. The van der Waals surface area contributed by atoms with Gasteiger partial charge in [-0.1, -0.05) is 34.1 Å². The summed E-state index contributed by atoms with van der Waals surface area (Å²) < 4.78 is 9.33. The van der Waals surface area contributed by atoms with Crippen LogP contribution in [0.1, 0.15) is 12.5 Å². The van der Waals surface area contributed by atoms with E-state index in [1.807, 2.05) is 42.5 Å². The first kappa shape index (κ1) is 10.7. The molecule has 2 aromatic carbocycles. The van der Waals surface area contributed by atoms with Crippen LogP contribution in [0, 0.1) is 0 Å². The molecule has 2 heterocycles. The highest BCUT2D eigenvalue weighted by atomic mass is 79.9. The van der Waals surface area contributed by atoms with E-state index in [1.165, 1.54) is 0 Å². The van der Waals surface area contributed by atoms with Gasteiger partial charge in [0.25, 0.3) is 0 Å². The van der Waals surface area contributed by atoms with Gasteiger partial charge in [0.2, 0.25) is 0 Å². The number of nitrogens with one attached hydrogen (secondary N) is 1. The highest BCUT2D eigenvalue weighted by Crippen LogP contribution is 2.35. The Kier molecular flexibility index (Phi) is 2.25. The molecule has 0 bridgehead atoms. The summed E-state index contributed by atoms with van der Waals surface area (Å²) in [7, 11) is 0. The van der Waals surface area contributed by atoms with Crippen LogP contribution in [0.25, 0.3) is 10.9 Å². The summed E-state index contributed by atoms with van der Waals surface area (Å²) in [6.07, 6.45) is -0.579. The summed E-state index contributed by atoms with van der Waals surface area (Å²) in [6.45, 7) is 0. The van der Waals surface area contributed by atoms with Gasteiger partial charge in [-0.15, -0.1) is 0 Å².